The van der Waals surface area contributed by atoms with E-state index in [0.29, 0.717) is 21.9 Å². The molecular weight excluding hydrogens is 260 g/mol. The first-order valence-corrected chi connectivity index (χ1v) is 7.27. The summed E-state index contributed by atoms with van der Waals surface area (Å²) in [5.41, 5.74) is 1.64. The maximum Gasteiger partial charge on any atom is 0.193 e. The fraction of sp³-hybridized carbons (Fsp3) is 0.438. The third kappa shape index (κ3) is 2.42. The van der Waals surface area contributed by atoms with Gasteiger partial charge in [-0.1, -0.05) is 30.9 Å². The maximum atomic E-state index is 12.2. The number of benzene rings is 1. The van der Waals surface area contributed by atoms with Crippen LogP contribution in [0.5, 0.6) is 0 Å². The quantitative estimate of drug-likeness (QED) is 0.749. The first-order chi connectivity index (χ1) is 9.15. The molecule has 1 aliphatic carbocycles. The molecule has 1 aromatic carbocycles. The highest BCUT2D eigenvalue weighted by Gasteiger charge is 2.19. The molecule has 0 atom stereocenters. The molecule has 0 N–H and O–H groups in total. The first-order valence-electron chi connectivity index (χ1n) is 6.89. The normalized spacial score (nSPS) is 16.9. The minimum Gasteiger partial charge on any atom is -0.460 e. The van der Waals surface area contributed by atoms with E-state index in [1.807, 2.05) is 13.0 Å². The second-order valence-corrected chi connectivity index (χ2v) is 5.88. The topological polar surface area (TPSA) is 30.2 Å². The molecule has 2 nitrogen and oxygen atoms in total. The predicted molar refractivity (Wildman–Crippen MR) is 78.1 cm³/mol. The van der Waals surface area contributed by atoms with Gasteiger partial charge in [0.15, 0.2) is 5.43 Å². The van der Waals surface area contributed by atoms with Crippen LogP contribution in [-0.4, -0.2) is 0 Å². The molecule has 1 aromatic heterocycles. The molecule has 100 valence electrons. The summed E-state index contributed by atoms with van der Waals surface area (Å²) < 4.78 is 6.01. The minimum atomic E-state index is 0.0208. The van der Waals surface area contributed by atoms with Crippen LogP contribution < -0.4 is 5.43 Å². The van der Waals surface area contributed by atoms with E-state index in [0.717, 1.165) is 24.2 Å². The molecular formula is C16H17ClO2. The summed E-state index contributed by atoms with van der Waals surface area (Å²) in [7, 11) is 0. The van der Waals surface area contributed by atoms with Gasteiger partial charge in [0, 0.05) is 17.0 Å². The Hall–Kier alpha value is -1.28. The van der Waals surface area contributed by atoms with Crippen molar-refractivity contribution in [2.24, 2.45) is 0 Å². The molecule has 0 spiro atoms. The average Bonchev–Trinajstić information content (AvgIpc) is 2.41. The van der Waals surface area contributed by atoms with Crippen LogP contribution in [0.3, 0.4) is 0 Å². The van der Waals surface area contributed by atoms with Gasteiger partial charge in [0.1, 0.15) is 11.3 Å². The van der Waals surface area contributed by atoms with E-state index in [-0.39, 0.29) is 5.43 Å². The smallest absolute Gasteiger partial charge is 0.193 e. The molecule has 3 rings (SSSR count). The van der Waals surface area contributed by atoms with Crippen molar-refractivity contribution in [3.05, 3.63) is 44.8 Å². The summed E-state index contributed by atoms with van der Waals surface area (Å²) in [6.07, 6.45) is 6.00. The molecule has 0 unspecified atom stereocenters. The highest BCUT2D eigenvalue weighted by molar-refractivity contribution is 6.31. The first kappa shape index (κ1) is 12.7. The SMILES string of the molecule is Cc1cc(Cl)cc2c(=O)cc(C3CCCCC3)oc12. The van der Waals surface area contributed by atoms with Crippen molar-refractivity contribution in [2.75, 3.05) is 0 Å². The van der Waals surface area contributed by atoms with E-state index in [2.05, 4.69) is 0 Å². The Bertz CT molecular complexity index is 666. The predicted octanol–water partition coefficient (Wildman–Crippen LogP) is 4.80. The summed E-state index contributed by atoms with van der Waals surface area (Å²) in [5, 5.41) is 1.17. The highest BCUT2D eigenvalue weighted by Crippen LogP contribution is 2.33. The van der Waals surface area contributed by atoms with Gasteiger partial charge in [0.25, 0.3) is 0 Å². The standard InChI is InChI=1S/C16H17ClO2/c1-10-7-12(17)8-13-14(18)9-15(19-16(10)13)11-5-3-2-4-6-11/h7-9,11H,2-6H2,1H3. The van der Waals surface area contributed by atoms with Crippen LogP contribution in [0.4, 0.5) is 0 Å². The Morgan fingerprint density at radius 3 is 2.63 bits per heavy atom. The summed E-state index contributed by atoms with van der Waals surface area (Å²) in [6.45, 7) is 1.93. The van der Waals surface area contributed by atoms with Crippen LogP contribution in [0, 0.1) is 6.92 Å². The Kier molecular flexibility index (Phi) is 3.36. The van der Waals surface area contributed by atoms with Crippen molar-refractivity contribution in [2.45, 2.75) is 44.9 Å². The fourth-order valence-corrected chi connectivity index (χ4v) is 3.26. The van der Waals surface area contributed by atoms with Gasteiger partial charge in [0.05, 0.1) is 5.39 Å². The molecule has 0 radical (unpaired) electrons. The second-order valence-electron chi connectivity index (χ2n) is 5.45. The lowest BCUT2D eigenvalue weighted by molar-refractivity contribution is 0.380. The molecule has 0 saturated heterocycles. The number of halogens is 1. The van der Waals surface area contributed by atoms with Gasteiger partial charge in [0.2, 0.25) is 0 Å². The highest BCUT2D eigenvalue weighted by atomic mass is 35.5. The lowest BCUT2D eigenvalue weighted by atomic mass is 9.87. The zero-order valence-electron chi connectivity index (χ0n) is 11.0. The lowest BCUT2D eigenvalue weighted by Gasteiger charge is -2.20. The van der Waals surface area contributed by atoms with Gasteiger partial charge >= 0.3 is 0 Å². The van der Waals surface area contributed by atoms with E-state index in [9.17, 15) is 4.79 Å². The van der Waals surface area contributed by atoms with Gasteiger partial charge in [-0.3, -0.25) is 4.79 Å². The summed E-state index contributed by atoms with van der Waals surface area (Å²) in [5.74, 6) is 1.25. The van der Waals surface area contributed by atoms with Gasteiger partial charge in [-0.2, -0.15) is 0 Å². The molecule has 1 aliphatic rings. The van der Waals surface area contributed by atoms with Crippen LogP contribution in [0.15, 0.2) is 27.4 Å². The van der Waals surface area contributed by atoms with Crippen molar-refractivity contribution in [1.29, 1.82) is 0 Å². The van der Waals surface area contributed by atoms with E-state index in [1.165, 1.54) is 19.3 Å². The monoisotopic (exact) mass is 276 g/mol. The molecule has 1 heterocycles. The minimum absolute atomic E-state index is 0.0208. The lowest BCUT2D eigenvalue weighted by Crippen LogP contribution is -2.09. The number of hydrogen-bond acceptors (Lipinski definition) is 2. The molecule has 2 aromatic rings. The van der Waals surface area contributed by atoms with Crippen molar-refractivity contribution in [3.8, 4) is 0 Å². The molecule has 1 saturated carbocycles. The van der Waals surface area contributed by atoms with Crippen LogP contribution in [-0.2, 0) is 0 Å². The number of rotatable bonds is 1. The van der Waals surface area contributed by atoms with Gasteiger partial charge in [-0.25, -0.2) is 0 Å². The average molecular weight is 277 g/mol. The third-order valence-electron chi connectivity index (χ3n) is 4.01. The number of aryl methyl sites for hydroxylation is 1. The second kappa shape index (κ2) is 5.01. The molecule has 0 bridgehead atoms. The maximum absolute atomic E-state index is 12.2. The largest absolute Gasteiger partial charge is 0.460 e. The third-order valence-corrected chi connectivity index (χ3v) is 4.22. The van der Waals surface area contributed by atoms with Crippen LogP contribution in [0.25, 0.3) is 11.0 Å². The van der Waals surface area contributed by atoms with E-state index in [1.54, 1.807) is 12.1 Å². The Balaban J connectivity index is 2.15. The summed E-state index contributed by atoms with van der Waals surface area (Å²) in [6, 6.07) is 5.20. The van der Waals surface area contributed by atoms with Gasteiger partial charge in [-0.05, 0) is 37.5 Å². The number of hydrogen-bond donors (Lipinski definition) is 0. The molecule has 0 aliphatic heterocycles. The Morgan fingerprint density at radius 2 is 1.89 bits per heavy atom. The van der Waals surface area contributed by atoms with Gasteiger partial charge in [-0.15, -0.1) is 0 Å². The molecule has 0 amide bonds. The zero-order valence-corrected chi connectivity index (χ0v) is 11.8. The van der Waals surface area contributed by atoms with E-state index in [4.69, 9.17) is 16.0 Å². The van der Waals surface area contributed by atoms with Crippen LogP contribution in [0.2, 0.25) is 5.02 Å². The number of fused-ring (bicyclic) bond motifs is 1. The van der Waals surface area contributed by atoms with Crippen molar-refractivity contribution >= 4 is 22.6 Å². The van der Waals surface area contributed by atoms with Crippen molar-refractivity contribution in [3.63, 3.8) is 0 Å². The Morgan fingerprint density at radius 1 is 1.16 bits per heavy atom. The van der Waals surface area contributed by atoms with Gasteiger partial charge < -0.3 is 4.42 Å². The molecule has 3 heteroatoms. The molecule has 19 heavy (non-hydrogen) atoms. The zero-order chi connectivity index (χ0) is 13.4. The summed E-state index contributed by atoms with van der Waals surface area (Å²) in [4.78, 5) is 12.2. The van der Waals surface area contributed by atoms with E-state index < -0.39 is 0 Å². The van der Waals surface area contributed by atoms with E-state index >= 15 is 0 Å². The fourth-order valence-electron chi connectivity index (χ4n) is 2.99. The summed E-state index contributed by atoms with van der Waals surface area (Å²) >= 11 is 6.00. The van der Waals surface area contributed by atoms with Crippen LogP contribution >= 0.6 is 11.6 Å². The Labute approximate surface area is 117 Å². The van der Waals surface area contributed by atoms with Crippen molar-refractivity contribution in [1.82, 2.24) is 0 Å². The van der Waals surface area contributed by atoms with Crippen molar-refractivity contribution < 1.29 is 4.42 Å². The van der Waals surface area contributed by atoms with Crippen LogP contribution in [0.1, 0.15) is 49.3 Å². The molecule has 1 fully saturated rings.